The molecular weight excluding hydrogens is 266 g/mol. The molecule has 1 saturated heterocycles. The third-order valence-electron chi connectivity index (χ3n) is 4.22. The number of carbonyl (C=O) groups excluding carboxylic acids is 1. The smallest absolute Gasteiger partial charge is 0.292 e. The van der Waals surface area contributed by atoms with E-state index in [-0.39, 0.29) is 5.91 Å². The Morgan fingerprint density at radius 3 is 2.52 bits per heavy atom. The van der Waals surface area contributed by atoms with E-state index in [9.17, 15) is 4.79 Å². The molecule has 4 heteroatoms. The third-order valence-corrected chi connectivity index (χ3v) is 4.22. The van der Waals surface area contributed by atoms with Crippen LogP contribution in [0.25, 0.3) is 0 Å². The first-order valence-electron chi connectivity index (χ1n) is 7.67. The van der Waals surface area contributed by atoms with Crippen molar-refractivity contribution in [2.45, 2.75) is 39.9 Å². The molecule has 1 spiro atoms. The lowest BCUT2D eigenvalue weighted by atomic mass is 10.0. The second-order valence-electron chi connectivity index (χ2n) is 6.43. The number of fused-ring (bicyclic) bond motifs is 2. The minimum Gasteiger partial charge on any atom is -0.336 e. The van der Waals surface area contributed by atoms with Gasteiger partial charge in [-0.1, -0.05) is 25.5 Å². The molecule has 114 valence electrons. The summed E-state index contributed by atoms with van der Waals surface area (Å²) < 4.78 is 11.5. The van der Waals surface area contributed by atoms with Crippen molar-refractivity contribution in [1.82, 2.24) is 0 Å². The molecule has 0 saturated carbocycles. The Labute approximate surface area is 126 Å². The molecule has 1 fully saturated rings. The minimum atomic E-state index is -1.19. The highest BCUT2D eigenvalue weighted by Crippen LogP contribution is 2.47. The van der Waals surface area contributed by atoms with E-state index < -0.39 is 5.79 Å². The first-order chi connectivity index (χ1) is 9.95. The lowest BCUT2D eigenvalue weighted by Gasteiger charge is -2.22. The normalized spacial score (nSPS) is 19.9. The zero-order valence-corrected chi connectivity index (χ0v) is 13.2. The third kappa shape index (κ3) is 2.17. The van der Waals surface area contributed by atoms with Crippen LogP contribution in [0.5, 0.6) is 0 Å². The molecular formula is C17H23NO3. The topological polar surface area (TPSA) is 38.8 Å². The Hall–Kier alpha value is -1.39. The van der Waals surface area contributed by atoms with E-state index in [4.69, 9.17) is 9.47 Å². The van der Waals surface area contributed by atoms with Gasteiger partial charge in [-0.25, -0.2) is 0 Å². The van der Waals surface area contributed by atoms with E-state index >= 15 is 0 Å². The van der Waals surface area contributed by atoms with Gasteiger partial charge in [0.25, 0.3) is 11.7 Å². The van der Waals surface area contributed by atoms with Crippen LogP contribution in [0.3, 0.4) is 0 Å². The number of nitrogens with zero attached hydrogens (tertiary/aromatic N) is 1. The maximum Gasteiger partial charge on any atom is 0.292 e. The van der Waals surface area contributed by atoms with Crippen molar-refractivity contribution in [3.8, 4) is 0 Å². The largest absolute Gasteiger partial charge is 0.336 e. The summed E-state index contributed by atoms with van der Waals surface area (Å²) >= 11 is 0. The van der Waals surface area contributed by atoms with Crippen LogP contribution in [-0.2, 0) is 20.1 Å². The minimum absolute atomic E-state index is 0.0654. The number of ether oxygens (including phenoxy) is 2. The predicted molar refractivity (Wildman–Crippen MR) is 81.3 cm³/mol. The van der Waals surface area contributed by atoms with E-state index in [2.05, 4.69) is 26.8 Å². The van der Waals surface area contributed by atoms with Crippen molar-refractivity contribution in [2.75, 3.05) is 24.7 Å². The van der Waals surface area contributed by atoms with Gasteiger partial charge in [-0.05, 0) is 37.8 Å². The summed E-state index contributed by atoms with van der Waals surface area (Å²) in [7, 11) is 0. The van der Waals surface area contributed by atoms with E-state index in [1.54, 1.807) is 0 Å². The molecule has 2 aliphatic heterocycles. The molecule has 0 aromatic heterocycles. The van der Waals surface area contributed by atoms with Crippen LogP contribution < -0.4 is 4.90 Å². The summed E-state index contributed by atoms with van der Waals surface area (Å²) in [6.07, 6.45) is 0.967. The Bertz CT molecular complexity index is 574. The molecule has 0 N–H and O–H groups in total. The van der Waals surface area contributed by atoms with E-state index in [1.807, 2.05) is 17.9 Å². The molecule has 0 bridgehead atoms. The van der Waals surface area contributed by atoms with Crippen LogP contribution in [0, 0.1) is 19.8 Å². The fourth-order valence-corrected chi connectivity index (χ4v) is 3.26. The molecule has 3 rings (SSSR count). The molecule has 1 aromatic rings. The standard InChI is InChI=1S/C17H23NO3/c1-11(2)5-6-18-15-13(4)9-12(3)10-14(15)17(16(18)19)20-7-8-21-17/h9-11H,5-8H2,1-4H3. The fourth-order valence-electron chi connectivity index (χ4n) is 3.26. The van der Waals surface area contributed by atoms with Gasteiger partial charge in [-0.15, -0.1) is 0 Å². The number of carbonyl (C=O) groups is 1. The van der Waals surface area contributed by atoms with E-state index in [0.29, 0.717) is 25.7 Å². The molecule has 0 atom stereocenters. The van der Waals surface area contributed by atoms with Gasteiger partial charge in [0.15, 0.2) is 0 Å². The summed E-state index contributed by atoms with van der Waals surface area (Å²) in [5.74, 6) is -0.707. The zero-order chi connectivity index (χ0) is 15.2. The van der Waals surface area contributed by atoms with Gasteiger partial charge in [0.05, 0.1) is 18.9 Å². The molecule has 0 unspecified atom stereocenters. The van der Waals surface area contributed by atoms with E-state index in [1.165, 1.54) is 0 Å². The SMILES string of the molecule is Cc1cc(C)c2c(c1)C1(OCCO1)C(=O)N2CCC(C)C. The highest BCUT2D eigenvalue weighted by molar-refractivity contribution is 6.07. The van der Waals surface area contributed by atoms with Gasteiger partial charge in [-0.2, -0.15) is 0 Å². The van der Waals surface area contributed by atoms with Gasteiger partial charge in [-0.3, -0.25) is 4.79 Å². The van der Waals surface area contributed by atoms with Crippen LogP contribution in [-0.4, -0.2) is 25.7 Å². The van der Waals surface area contributed by atoms with Crippen molar-refractivity contribution in [3.63, 3.8) is 0 Å². The maximum atomic E-state index is 12.9. The summed E-state index contributed by atoms with van der Waals surface area (Å²) in [5.41, 5.74) is 4.10. The molecule has 21 heavy (non-hydrogen) atoms. The van der Waals surface area contributed by atoms with Gasteiger partial charge >= 0.3 is 0 Å². The van der Waals surface area contributed by atoms with Crippen LogP contribution in [0.2, 0.25) is 0 Å². The molecule has 0 radical (unpaired) electrons. The predicted octanol–water partition coefficient (Wildman–Crippen LogP) is 2.90. The number of amides is 1. The first kappa shape index (κ1) is 14.5. The number of anilines is 1. The Morgan fingerprint density at radius 1 is 1.24 bits per heavy atom. The van der Waals surface area contributed by atoms with Gasteiger partial charge in [0.2, 0.25) is 0 Å². The zero-order valence-electron chi connectivity index (χ0n) is 13.2. The summed E-state index contributed by atoms with van der Waals surface area (Å²) in [4.78, 5) is 14.8. The van der Waals surface area contributed by atoms with E-state index in [0.717, 1.165) is 28.8 Å². The summed E-state index contributed by atoms with van der Waals surface area (Å²) in [6.45, 7) is 10.1. The number of rotatable bonds is 3. The maximum absolute atomic E-state index is 12.9. The number of hydrogen-bond acceptors (Lipinski definition) is 3. The summed E-state index contributed by atoms with van der Waals surface area (Å²) in [6, 6.07) is 4.14. The fraction of sp³-hybridized carbons (Fsp3) is 0.588. The molecule has 1 aromatic carbocycles. The van der Waals surface area contributed by atoms with Gasteiger partial charge in [0.1, 0.15) is 0 Å². The monoisotopic (exact) mass is 289 g/mol. The molecule has 0 aliphatic carbocycles. The number of benzene rings is 1. The lowest BCUT2D eigenvalue weighted by molar-refractivity contribution is -0.180. The molecule has 1 amide bonds. The van der Waals surface area contributed by atoms with Crippen molar-refractivity contribution < 1.29 is 14.3 Å². The quantitative estimate of drug-likeness (QED) is 0.859. The second-order valence-corrected chi connectivity index (χ2v) is 6.43. The Morgan fingerprint density at radius 2 is 1.90 bits per heavy atom. The van der Waals surface area contributed by atoms with Crippen molar-refractivity contribution in [1.29, 1.82) is 0 Å². The van der Waals surface area contributed by atoms with Crippen molar-refractivity contribution >= 4 is 11.6 Å². The average Bonchev–Trinajstić information content (AvgIpc) is 2.97. The lowest BCUT2D eigenvalue weighted by Crippen LogP contribution is -2.41. The van der Waals surface area contributed by atoms with Crippen LogP contribution in [0.15, 0.2) is 12.1 Å². The number of hydrogen-bond donors (Lipinski definition) is 0. The highest BCUT2D eigenvalue weighted by Gasteiger charge is 2.56. The van der Waals surface area contributed by atoms with Gasteiger partial charge in [0, 0.05) is 12.1 Å². The summed E-state index contributed by atoms with van der Waals surface area (Å²) in [5, 5.41) is 0. The van der Waals surface area contributed by atoms with Crippen LogP contribution in [0.1, 0.15) is 37.0 Å². The second kappa shape index (κ2) is 5.11. The molecule has 2 heterocycles. The average molecular weight is 289 g/mol. The first-order valence-corrected chi connectivity index (χ1v) is 7.67. The van der Waals surface area contributed by atoms with Crippen molar-refractivity contribution in [2.24, 2.45) is 5.92 Å². The van der Waals surface area contributed by atoms with Gasteiger partial charge < -0.3 is 14.4 Å². The Balaban J connectivity index is 2.08. The van der Waals surface area contributed by atoms with Crippen LogP contribution in [0.4, 0.5) is 5.69 Å². The van der Waals surface area contributed by atoms with Crippen molar-refractivity contribution in [3.05, 3.63) is 28.8 Å². The highest BCUT2D eigenvalue weighted by atomic mass is 16.7. The Kier molecular flexibility index (Phi) is 3.54. The molecule has 2 aliphatic rings. The molecule has 4 nitrogen and oxygen atoms in total. The van der Waals surface area contributed by atoms with Crippen LogP contribution >= 0.6 is 0 Å². The number of aryl methyl sites for hydroxylation is 2.